The van der Waals surface area contributed by atoms with Crippen LogP contribution in [0.5, 0.6) is 0 Å². The topological polar surface area (TPSA) is 51.2 Å². The Kier molecular flexibility index (Phi) is 5.05. The summed E-state index contributed by atoms with van der Waals surface area (Å²) in [5.74, 6) is 0. The van der Waals surface area contributed by atoms with Crippen LogP contribution in [0.15, 0.2) is 70.1 Å². The van der Waals surface area contributed by atoms with E-state index >= 15 is 0 Å². The van der Waals surface area contributed by atoms with E-state index in [0.29, 0.717) is 9.81 Å². The van der Waals surface area contributed by atoms with Crippen LogP contribution in [-0.2, 0) is 20.6 Å². The lowest BCUT2D eigenvalue weighted by molar-refractivity contribution is 0.612. The van der Waals surface area contributed by atoms with E-state index in [1.54, 1.807) is 22.7 Å². The van der Waals surface area contributed by atoms with Crippen LogP contribution in [0.1, 0.15) is 9.75 Å². The predicted octanol–water partition coefficient (Wildman–Crippen LogP) is 6.74. The van der Waals surface area contributed by atoms with Crippen LogP contribution in [0.2, 0.25) is 0 Å². The molecule has 0 saturated heterocycles. The van der Waals surface area contributed by atoms with E-state index in [4.69, 9.17) is 0 Å². The Morgan fingerprint density at radius 2 is 1.07 bits per heavy atom. The molecule has 0 spiro atoms. The van der Waals surface area contributed by atoms with Crippen LogP contribution in [0.4, 0.5) is 0 Å². The molecule has 1 aliphatic rings. The quantitative estimate of drug-likeness (QED) is 0.317. The normalized spacial score (nSPS) is 16.6. The third kappa shape index (κ3) is 3.78. The Morgan fingerprint density at radius 3 is 1.48 bits per heavy atom. The standard InChI is InChI=1S/C20H12O3S6/c21-28-19(17-7-5-15(26-17)13-3-1-9-24-13)11-29(22,23)12-20(28)18-8-6-16(27-18)14-4-2-10-25-14/h1-12H. The highest BCUT2D eigenvalue weighted by molar-refractivity contribution is 8.09. The minimum Gasteiger partial charge on any atom is -0.249 e. The fourth-order valence-electron chi connectivity index (χ4n) is 2.88. The second kappa shape index (κ2) is 7.57. The highest BCUT2D eigenvalue weighted by atomic mass is 32.2. The van der Waals surface area contributed by atoms with E-state index in [2.05, 4.69) is 0 Å². The Labute approximate surface area is 186 Å². The summed E-state index contributed by atoms with van der Waals surface area (Å²) in [5.41, 5.74) is 0. The summed E-state index contributed by atoms with van der Waals surface area (Å²) < 4.78 is 38.5. The molecule has 0 amide bonds. The molecule has 3 nitrogen and oxygen atoms in total. The molecule has 0 radical (unpaired) electrons. The molecule has 5 rings (SSSR count). The maximum absolute atomic E-state index is 13.3. The van der Waals surface area contributed by atoms with Gasteiger partial charge in [-0.1, -0.05) is 12.1 Å². The highest BCUT2D eigenvalue weighted by Crippen LogP contribution is 2.43. The van der Waals surface area contributed by atoms with E-state index in [9.17, 15) is 12.6 Å². The SMILES string of the molecule is O=S1C(c2ccc(-c3cccs3)s2)=CS(=O)(=O)C=C1c1ccc(-c2cccs2)s1. The average Bonchev–Trinajstić information content (AvgIpc) is 3.49. The molecule has 0 aliphatic carbocycles. The fraction of sp³-hybridized carbons (Fsp3) is 0. The van der Waals surface area contributed by atoms with Crippen molar-refractivity contribution in [2.75, 3.05) is 0 Å². The van der Waals surface area contributed by atoms with Crippen LogP contribution in [0, 0.1) is 0 Å². The van der Waals surface area contributed by atoms with Gasteiger partial charge in [0.05, 0.1) is 31.4 Å². The summed E-state index contributed by atoms with van der Waals surface area (Å²) >= 11 is 6.18. The van der Waals surface area contributed by atoms with Crippen LogP contribution in [-0.4, -0.2) is 12.6 Å². The van der Waals surface area contributed by atoms with Gasteiger partial charge in [0.2, 0.25) is 0 Å². The summed E-state index contributed by atoms with van der Waals surface area (Å²) in [7, 11) is -5.16. The largest absolute Gasteiger partial charge is 0.249 e. The van der Waals surface area contributed by atoms with Crippen molar-refractivity contribution in [3.63, 3.8) is 0 Å². The third-order valence-corrected chi connectivity index (χ3v) is 11.7. The third-order valence-electron chi connectivity index (χ3n) is 4.17. The number of hydrogen-bond donors (Lipinski definition) is 0. The molecule has 29 heavy (non-hydrogen) atoms. The Morgan fingerprint density at radius 1 is 0.621 bits per heavy atom. The van der Waals surface area contributed by atoms with Crippen LogP contribution < -0.4 is 0 Å². The number of hydrogen-bond acceptors (Lipinski definition) is 7. The van der Waals surface area contributed by atoms with Crippen molar-refractivity contribution in [1.29, 1.82) is 0 Å². The number of sulfone groups is 1. The predicted molar refractivity (Wildman–Crippen MR) is 128 cm³/mol. The summed E-state index contributed by atoms with van der Waals surface area (Å²) in [6, 6.07) is 15.6. The first-order valence-corrected chi connectivity index (χ1v) is 14.5. The second-order valence-electron chi connectivity index (χ2n) is 6.10. The molecule has 5 heterocycles. The van der Waals surface area contributed by atoms with E-state index in [0.717, 1.165) is 40.1 Å². The molecule has 146 valence electrons. The molecule has 4 aromatic heterocycles. The smallest absolute Gasteiger partial charge is 0.195 e. The Balaban J connectivity index is 1.53. The average molecular weight is 493 g/mol. The van der Waals surface area contributed by atoms with Gasteiger partial charge >= 0.3 is 0 Å². The first kappa shape index (κ1) is 19.3. The van der Waals surface area contributed by atoms with Crippen molar-refractivity contribution in [3.05, 3.63) is 79.9 Å². The molecule has 0 atom stereocenters. The van der Waals surface area contributed by atoms with Crippen molar-refractivity contribution in [2.45, 2.75) is 0 Å². The molecule has 9 heteroatoms. The van der Waals surface area contributed by atoms with Crippen molar-refractivity contribution < 1.29 is 12.6 Å². The van der Waals surface area contributed by atoms with Crippen molar-refractivity contribution in [1.82, 2.24) is 0 Å². The molecule has 0 aromatic carbocycles. The maximum Gasteiger partial charge on any atom is 0.195 e. The van der Waals surface area contributed by atoms with Crippen LogP contribution >= 0.6 is 45.3 Å². The fourth-order valence-corrected chi connectivity index (χ4v) is 10.4. The Hall–Kier alpha value is -1.62. The van der Waals surface area contributed by atoms with Gasteiger partial charge in [0.25, 0.3) is 0 Å². The van der Waals surface area contributed by atoms with E-state index in [1.165, 1.54) is 22.7 Å². The number of rotatable bonds is 4. The Bertz CT molecular complexity index is 1260. The zero-order chi connectivity index (χ0) is 20.0. The van der Waals surface area contributed by atoms with E-state index in [-0.39, 0.29) is 0 Å². The monoisotopic (exact) mass is 492 g/mol. The van der Waals surface area contributed by atoms with Gasteiger partial charge in [-0.2, -0.15) is 0 Å². The zero-order valence-electron chi connectivity index (χ0n) is 14.6. The maximum atomic E-state index is 13.3. The van der Waals surface area contributed by atoms with E-state index in [1.807, 2.05) is 59.3 Å². The highest BCUT2D eigenvalue weighted by Gasteiger charge is 2.28. The molecule has 4 aromatic rings. The molecule has 0 unspecified atom stereocenters. The molecule has 0 bridgehead atoms. The molecular formula is C20H12O3S6. The summed E-state index contributed by atoms with van der Waals surface area (Å²) in [6.45, 7) is 0. The van der Waals surface area contributed by atoms with Gasteiger partial charge in [0, 0.05) is 29.3 Å². The van der Waals surface area contributed by atoms with E-state index < -0.39 is 20.6 Å². The van der Waals surface area contributed by atoms with Gasteiger partial charge in [-0.25, -0.2) is 12.6 Å². The molecule has 0 N–H and O–H groups in total. The van der Waals surface area contributed by atoms with Crippen LogP contribution in [0.25, 0.3) is 29.3 Å². The van der Waals surface area contributed by atoms with Crippen LogP contribution in [0.3, 0.4) is 0 Å². The van der Waals surface area contributed by atoms with Gasteiger partial charge in [-0.15, -0.1) is 45.3 Å². The van der Waals surface area contributed by atoms with Gasteiger partial charge in [0.1, 0.15) is 0 Å². The molecule has 1 aliphatic heterocycles. The molecule has 0 saturated carbocycles. The molecule has 0 fully saturated rings. The van der Waals surface area contributed by atoms with Gasteiger partial charge in [-0.3, -0.25) is 0 Å². The van der Waals surface area contributed by atoms with Crippen molar-refractivity contribution in [3.8, 4) is 19.5 Å². The lowest BCUT2D eigenvalue weighted by Crippen LogP contribution is -2.06. The van der Waals surface area contributed by atoms with Gasteiger partial charge in [0.15, 0.2) is 9.84 Å². The minimum absolute atomic E-state index is 0.348. The van der Waals surface area contributed by atoms with Gasteiger partial charge < -0.3 is 0 Å². The lowest BCUT2D eigenvalue weighted by atomic mass is 10.3. The summed E-state index contributed by atoms with van der Waals surface area (Å²) in [5, 5.41) is 6.29. The van der Waals surface area contributed by atoms with Crippen molar-refractivity contribution >= 4 is 75.8 Å². The molecular weight excluding hydrogens is 481 g/mol. The first-order chi connectivity index (χ1) is 14.0. The zero-order valence-corrected chi connectivity index (χ0v) is 19.5. The van der Waals surface area contributed by atoms with Gasteiger partial charge in [-0.05, 0) is 47.2 Å². The summed E-state index contributed by atoms with van der Waals surface area (Å²) in [4.78, 5) is 6.44. The number of thiophene rings is 4. The lowest BCUT2D eigenvalue weighted by Gasteiger charge is -2.13. The minimum atomic E-state index is -3.60. The summed E-state index contributed by atoms with van der Waals surface area (Å²) in [6.07, 6.45) is 0. The first-order valence-electron chi connectivity index (χ1n) is 8.39. The second-order valence-corrected chi connectivity index (χ2v) is 13.2. The van der Waals surface area contributed by atoms with Crippen molar-refractivity contribution in [2.24, 2.45) is 0 Å².